The fourth-order valence-corrected chi connectivity index (χ4v) is 2.16. The van der Waals surface area contributed by atoms with E-state index in [1.807, 2.05) is 0 Å². The van der Waals surface area contributed by atoms with Crippen molar-refractivity contribution in [2.75, 3.05) is 12.8 Å². The molecule has 128 valence electrons. The summed E-state index contributed by atoms with van der Waals surface area (Å²) in [4.78, 5) is 0. The Hall–Kier alpha value is -2.57. The lowest BCUT2D eigenvalue weighted by Gasteiger charge is -2.15. The molecule has 1 fully saturated rings. The lowest BCUT2D eigenvalue weighted by atomic mass is 10.2. The topological polar surface area (TPSA) is 53.7 Å². The van der Waals surface area contributed by atoms with Gasteiger partial charge in [0.05, 0.1) is 24.5 Å². The molecule has 0 amide bonds. The number of nitrogens with two attached hydrogens (primary N) is 1. The van der Waals surface area contributed by atoms with Crippen LogP contribution >= 0.6 is 0 Å². The average molecular weight is 339 g/mol. The molecule has 0 spiro atoms. The molecule has 0 aliphatic heterocycles. The first-order valence-electron chi connectivity index (χ1n) is 7.39. The number of methoxy groups -OCH3 is 1. The van der Waals surface area contributed by atoms with E-state index < -0.39 is 17.5 Å². The lowest BCUT2D eigenvalue weighted by molar-refractivity contribution is 0.255. The van der Waals surface area contributed by atoms with Crippen molar-refractivity contribution < 1.29 is 27.4 Å². The normalized spacial score (nSPS) is 13.7. The Morgan fingerprint density at radius 3 is 2.46 bits per heavy atom. The first-order valence-corrected chi connectivity index (χ1v) is 7.39. The van der Waals surface area contributed by atoms with Crippen LogP contribution < -0.4 is 19.9 Å². The van der Waals surface area contributed by atoms with E-state index in [1.54, 1.807) is 0 Å². The van der Waals surface area contributed by atoms with Crippen molar-refractivity contribution in [2.24, 2.45) is 0 Å². The molecular formula is C17H16F3NO3. The summed E-state index contributed by atoms with van der Waals surface area (Å²) in [6.07, 6.45) is 1.77. The predicted octanol–water partition coefficient (Wildman–Crippen LogP) is 3.81. The molecule has 1 aliphatic carbocycles. The van der Waals surface area contributed by atoms with Crippen LogP contribution in [0.15, 0.2) is 24.3 Å². The van der Waals surface area contributed by atoms with E-state index in [1.165, 1.54) is 19.2 Å². The minimum absolute atomic E-state index is 0.0182. The van der Waals surface area contributed by atoms with Crippen LogP contribution in [0.2, 0.25) is 0 Å². The Bertz CT molecular complexity index is 763. The van der Waals surface area contributed by atoms with Crippen molar-refractivity contribution >= 4 is 5.69 Å². The number of halogens is 3. The second kappa shape index (κ2) is 6.51. The van der Waals surface area contributed by atoms with Crippen molar-refractivity contribution in [3.8, 4) is 17.2 Å². The third-order valence-corrected chi connectivity index (χ3v) is 3.63. The Kier molecular flexibility index (Phi) is 4.42. The molecule has 2 aromatic carbocycles. The largest absolute Gasteiger partial charge is 0.493 e. The van der Waals surface area contributed by atoms with Gasteiger partial charge in [0.2, 0.25) is 0 Å². The summed E-state index contributed by atoms with van der Waals surface area (Å²) in [5.41, 5.74) is 5.31. The maximum Gasteiger partial charge on any atom is 0.169 e. The zero-order chi connectivity index (χ0) is 17.3. The molecule has 0 atom stereocenters. The smallest absolute Gasteiger partial charge is 0.169 e. The predicted molar refractivity (Wildman–Crippen MR) is 81.7 cm³/mol. The highest BCUT2D eigenvalue weighted by Crippen LogP contribution is 2.35. The van der Waals surface area contributed by atoms with Crippen LogP contribution in [-0.4, -0.2) is 13.2 Å². The van der Waals surface area contributed by atoms with Gasteiger partial charge >= 0.3 is 0 Å². The molecule has 0 unspecified atom stereocenters. The van der Waals surface area contributed by atoms with E-state index in [2.05, 4.69) is 0 Å². The van der Waals surface area contributed by atoms with E-state index in [4.69, 9.17) is 19.9 Å². The molecule has 3 rings (SSSR count). The third-order valence-electron chi connectivity index (χ3n) is 3.63. The first kappa shape index (κ1) is 16.3. The minimum Gasteiger partial charge on any atom is -0.493 e. The molecule has 7 heteroatoms. The van der Waals surface area contributed by atoms with Gasteiger partial charge in [-0.3, -0.25) is 0 Å². The molecule has 0 bridgehead atoms. The van der Waals surface area contributed by atoms with Crippen LogP contribution in [0.3, 0.4) is 0 Å². The van der Waals surface area contributed by atoms with Gasteiger partial charge in [0.1, 0.15) is 18.2 Å². The molecule has 0 saturated heterocycles. The molecule has 2 aromatic rings. The monoisotopic (exact) mass is 339 g/mol. The van der Waals surface area contributed by atoms with Crippen LogP contribution in [-0.2, 0) is 6.61 Å². The second-order valence-electron chi connectivity index (χ2n) is 5.47. The van der Waals surface area contributed by atoms with Gasteiger partial charge in [-0.2, -0.15) is 0 Å². The van der Waals surface area contributed by atoms with Crippen molar-refractivity contribution in [3.63, 3.8) is 0 Å². The van der Waals surface area contributed by atoms with Crippen molar-refractivity contribution in [1.82, 2.24) is 0 Å². The molecule has 1 saturated carbocycles. The highest BCUT2D eigenvalue weighted by molar-refractivity contribution is 5.53. The summed E-state index contributed by atoms with van der Waals surface area (Å²) in [5.74, 6) is -2.25. The fraction of sp³-hybridized carbons (Fsp3) is 0.294. The summed E-state index contributed by atoms with van der Waals surface area (Å²) in [6, 6.07) is 4.67. The molecule has 0 radical (unpaired) electrons. The number of anilines is 1. The zero-order valence-corrected chi connectivity index (χ0v) is 12.9. The lowest BCUT2D eigenvalue weighted by Crippen LogP contribution is -2.07. The highest BCUT2D eigenvalue weighted by Gasteiger charge is 2.26. The summed E-state index contributed by atoms with van der Waals surface area (Å²) in [5, 5.41) is 0. The summed E-state index contributed by atoms with van der Waals surface area (Å²) in [6.45, 7) is -0.312. The molecular weight excluding hydrogens is 323 g/mol. The van der Waals surface area contributed by atoms with E-state index >= 15 is 0 Å². The molecule has 0 heterocycles. The van der Waals surface area contributed by atoms with Crippen LogP contribution in [0.1, 0.15) is 18.4 Å². The van der Waals surface area contributed by atoms with E-state index in [9.17, 15) is 13.2 Å². The van der Waals surface area contributed by atoms with Gasteiger partial charge in [-0.05, 0) is 25.0 Å². The highest BCUT2D eigenvalue weighted by atomic mass is 19.2. The van der Waals surface area contributed by atoms with Gasteiger partial charge in [0, 0.05) is 12.1 Å². The van der Waals surface area contributed by atoms with Crippen molar-refractivity contribution in [2.45, 2.75) is 25.6 Å². The number of hydrogen-bond acceptors (Lipinski definition) is 4. The zero-order valence-electron chi connectivity index (χ0n) is 12.9. The molecule has 1 aliphatic rings. The summed E-state index contributed by atoms with van der Waals surface area (Å²) in [7, 11) is 1.34. The Morgan fingerprint density at radius 2 is 1.79 bits per heavy atom. The van der Waals surface area contributed by atoms with Gasteiger partial charge in [-0.15, -0.1) is 0 Å². The van der Waals surface area contributed by atoms with Gasteiger partial charge in [0.15, 0.2) is 23.1 Å². The molecule has 2 N–H and O–H groups in total. The van der Waals surface area contributed by atoms with Crippen LogP contribution in [0.4, 0.5) is 18.9 Å². The second-order valence-corrected chi connectivity index (χ2v) is 5.47. The van der Waals surface area contributed by atoms with Gasteiger partial charge in [-0.1, -0.05) is 0 Å². The average Bonchev–Trinajstić information content (AvgIpc) is 3.37. The van der Waals surface area contributed by atoms with E-state index in [0.29, 0.717) is 0 Å². The van der Waals surface area contributed by atoms with Crippen molar-refractivity contribution in [3.05, 3.63) is 47.3 Å². The van der Waals surface area contributed by atoms with Gasteiger partial charge in [0.25, 0.3) is 0 Å². The number of benzene rings is 2. The first-order chi connectivity index (χ1) is 11.5. The quantitative estimate of drug-likeness (QED) is 0.813. The molecule has 0 aromatic heterocycles. The van der Waals surface area contributed by atoms with Crippen molar-refractivity contribution in [1.29, 1.82) is 0 Å². The Morgan fingerprint density at radius 1 is 1.04 bits per heavy atom. The SMILES string of the molecule is COc1cc(F)c(N)cc1OCc1c(OC2CC2)ccc(F)c1F. The number of hydrogen-bond donors (Lipinski definition) is 1. The number of nitrogen functional groups attached to an aromatic ring is 1. The van der Waals surface area contributed by atoms with Crippen LogP contribution in [0, 0.1) is 17.5 Å². The fourth-order valence-electron chi connectivity index (χ4n) is 2.16. The Balaban J connectivity index is 1.86. The molecule has 4 nitrogen and oxygen atoms in total. The van der Waals surface area contributed by atoms with Crippen LogP contribution in [0.5, 0.6) is 17.2 Å². The standard InChI is InChI=1S/C17H16F3NO3/c1-22-15-6-12(19)13(21)7-16(15)23-8-10-14(24-9-2-3-9)5-4-11(18)17(10)20/h4-7,9H,2-3,8,21H2,1H3. The summed E-state index contributed by atoms with van der Waals surface area (Å²) >= 11 is 0. The molecule has 24 heavy (non-hydrogen) atoms. The summed E-state index contributed by atoms with van der Waals surface area (Å²) < 4.78 is 57.1. The Labute approximate surface area is 136 Å². The van der Waals surface area contributed by atoms with E-state index in [0.717, 1.165) is 25.0 Å². The number of rotatable bonds is 6. The van der Waals surface area contributed by atoms with E-state index in [-0.39, 0.29) is 41.2 Å². The number of ether oxygens (including phenoxy) is 3. The maximum atomic E-state index is 14.1. The minimum atomic E-state index is -1.04. The van der Waals surface area contributed by atoms with Gasteiger partial charge in [-0.25, -0.2) is 13.2 Å². The van der Waals surface area contributed by atoms with Crippen LogP contribution in [0.25, 0.3) is 0 Å². The van der Waals surface area contributed by atoms with Gasteiger partial charge < -0.3 is 19.9 Å². The third kappa shape index (κ3) is 3.34. The maximum absolute atomic E-state index is 14.1.